The van der Waals surface area contributed by atoms with E-state index >= 15 is 0 Å². The van der Waals surface area contributed by atoms with Crippen molar-refractivity contribution in [1.29, 1.82) is 0 Å². The van der Waals surface area contributed by atoms with Crippen LogP contribution in [0.15, 0.2) is 86.5 Å². The fourth-order valence-electron chi connectivity index (χ4n) is 3.08. The van der Waals surface area contributed by atoms with Crippen LogP contribution in [0.1, 0.15) is 22.5 Å². The third kappa shape index (κ3) is 4.78. The van der Waals surface area contributed by atoms with E-state index in [4.69, 9.17) is 9.15 Å². The van der Waals surface area contributed by atoms with Crippen LogP contribution in [0.25, 0.3) is 6.08 Å². The Morgan fingerprint density at radius 3 is 2.58 bits per heavy atom. The minimum Gasteiger partial charge on any atom is -0.496 e. The topological polar surface area (TPSA) is 67.4 Å². The number of hydrogen-bond donors (Lipinski definition) is 0. The van der Waals surface area contributed by atoms with Crippen LogP contribution in [0.3, 0.4) is 0 Å². The quantitative estimate of drug-likeness (QED) is 0.309. The summed E-state index contributed by atoms with van der Waals surface area (Å²) >= 11 is 1.30. The molecular weight excluding hydrogens is 410 g/mol. The van der Waals surface area contributed by atoms with E-state index in [1.165, 1.54) is 11.8 Å². The maximum Gasteiger partial charge on any atom is 0.267 e. The zero-order valence-corrected chi connectivity index (χ0v) is 18.0. The number of amides is 1. The zero-order chi connectivity index (χ0) is 21.6. The average Bonchev–Trinajstić information content (AvgIpc) is 3.40. The number of rotatable bonds is 6. The maximum atomic E-state index is 13.1. The first-order chi connectivity index (χ1) is 15.2. The lowest BCUT2D eigenvalue weighted by atomic mass is 10.1. The second-order valence-electron chi connectivity index (χ2n) is 6.81. The molecule has 1 amide bonds. The van der Waals surface area contributed by atoms with Crippen LogP contribution >= 0.6 is 11.8 Å². The molecule has 6 nitrogen and oxygen atoms in total. The Labute approximate surface area is 184 Å². The fourth-order valence-corrected chi connectivity index (χ4v) is 4.01. The van der Waals surface area contributed by atoms with E-state index in [1.54, 1.807) is 30.6 Å². The normalized spacial score (nSPS) is 16.7. The molecule has 1 saturated heterocycles. The van der Waals surface area contributed by atoms with Gasteiger partial charge in [0, 0.05) is 5.56 Å². The van der Waals surface area contributed by atoms with Gasteiger partial charge in [0.15, 0.2) is 5.17 Å². The first-order valence-electron chi connectivity index (χ1n) is 9.69. The van der Waals surface area contributed by atoms with E-state index in [0.29, 0.717) is 21.6 Å². The second-order valence-corrected chi connectivity index (χ2v) is 7.82. The molecule has 1 aliphatic heterocycles. The standard InChI is InChI=1S/C24H21N3O3S/c1-17-8-3-4-9-18(17)14-22-23(28)27(16-20-11-7-13-30-20)24(31-22)26-25-15-19-10-5-6-12-21(19)29-2/h3-15H,16H2,1-2H3/b22-14-,25-15+,26-24-. The second kappa shape index (κ2) is 9.49. The van der Waals surface area contributed by atoms with Crippen LogP contribution in [-0.2, 0) is 11.3 Å². The van der Waals surface area contributed by atoms with Crippen molar-refractivity contribution in [3.05, 3.63) is 94.3 Å². The predicted octanol–water partition coefficient (Wildman–Crippen LogP) is 5.10. The van der Waals surface area contributed by atoms with Gasteiger partial charge in [-0.1, -0.05) is 36.4 Å². The van der Waals surface area contributed by atoms with E-state index in [-0.39, 0.29) is 12.5 Å². The van der Waals surface area contributed by atoms with Crippen molar-refractivity contribution >= 4 is 35.1 Å². The van der Waals surface area contributed by atoms with Gasteiger partial charge in [-0.2, -0.15) is 5.10 Å². The molecule has 1 aliphatic rings. The molecule has 2 aromatic carbocycles. The van der Waals surface area contributed by atoms with Crippen LogP contribution in [0.4, 0.5) is 0 Å². The third-order valence-electron chi connectivity index (χ3n) is 4.74. The highest BCUT2D eigenvalue weighted by Gasteiger charge is 2.34. The number of benzene rings is 2. The Morgan fingerprint density at radius 2 is 1.84 bits per heavy atom. The summed E-state index contributed by atoms with van der Waals surface area (Å²) in [5, 5.41) is 9.05. The van der Waals surface area contributed by atoms with E-state index in [0.717, 1.165) is 16.7 Å². The average molecular weight is 432 g/mol. The van der Waals surface area contributed by atoms with Gasteiger partial charge in [0.05, 0.1) is 31.0 Å². The van der Waals surface area contributed by atoms with Crippen molar-refractivity contribution in [3.63, 3.8) is 0 Å². The van der Waals surface area contributed by atoms with Crippen molar-refractivity contribution < 1.29 is 13.9 Å². The van der Waals surface area contributed by atoms with Crippen LogP contribution in [0.5, 0.6) is 5.75 Å². The molecule has 3 aromatic rings. The highest BCUT2D eigenvalue weighted by atomic mass is 32.2. The van der Waals surface area contributed by atoms with Gasteiger partial charge >= 0.3 is 0 Å². The smallest absolute Gasteiger partial charge is 0.267 e. The minimum absolute atomic E-state index is 0.129. The molecule has 0 unspecified atom stereocenters. The number of nitrogens with zero attached hydrogens (tertiary/aromatic N) is 3. The van der Waals surface area contributed by atoms with Gasteiger partial charge in [0.2, 0.25) is 0 Å². The molecule has 4 rings (SSSR count). The number of amidine groups is 1. The molecule has 156 valence electrons. The van der Waals surface area contributed by atoms with Crippen LogP contribution < -0.4 is 4.74 Å². The lowest BCUT2D eigenvalue weighted by Gasteiger charge is -2.12. The Hall–Kier alpha value is -3.58. The number of carbonyl (C=O) groups excluding carboxylic acids is 1. The van der Waals surface area contributed by atoms with E-state index in [1.807, 2.05) is 67.6 Å². The molecule has 1 fully saturated rings. The molecule has 2 heterocycles. The number of para-hydroxylation sites is 1. The van der Waals surface area contributed by atoms with Crippen LogP contribution in [0.2, 0.25) is 0 Å². The summed E-state index contributed by atoms with van der Waals surface area (Å²) in [5.74, 6) is 1.25. The van der Waals surface area contributed by atoms with Crippen molar-refractivity contribution in [3.8, 4) is 5.75 Å². The number of furan rings is 1. The van der Waals surface area contributed by atoms with E-state index < -0.39 is 0 Å². The maximum absolute atomic E-state index is 13.1. The zero-order valence-electron chi connectivity index (χ0n) is 17.2. The van der Waals surface area contributed by atoms with E-state index in [2.05, 4.69) is 10.2 Å². The number of methoxy groups -OCH3 is 1. The number of hydrogen-bond acceptors (Lipinski definition) is 6. The Kier molecular flexibility index (Phi) is 6.33. The Balaban J connectivity index is 1.65. The molecule has 0 atom stereocenters. The summed E-state index contributed by atoms with van der Waals surface area (Å²) in [6.45, 7) is 2.30. The monoisotopic (exact) mass is 431 g/mol. The third-order valence-corrected chi connectivity index (χ3v) is 5.73. The highest BCUT2D eigenvalue weighted by molar-refractivity contribution is 8.18. The largest absolute Gasteiger partial charge is 0.496 e. The van der Waals surface area contributed by atoms with Gasteiger partial charge in [-0.05, 0) is 60.2 Å². The van der Waals surface area contributed by atoms with Crippen molar-refractivity contribution in [1.82, 2.24) is 4.90 Å². The highest BCUT2D eigenvalue weighted by Crippen LogP contribution is 2.34. The summed E-state index contributed by atoms with van der Waals surface area (Å²) in [5.41, 5.74) is 2.90. The van der Waals surface area contributed by atoms with Gasteiger partial charge < -0.3 is 9.15 Å². The SMILES string of the molecule is COc1ccccc1/C=N/N=C1\S/C(=C\c2ccccc2C)C(=O)N1Cc1ccco1. The number of ether oxygens (including phenoxy) is 1. The molecule has 0 aliphatic carbocycles. The van der Waals surface area contributed by atoms with Crippen LogP contribution in [-0.4, -0.2) is 29.3 Å². The first kappa shape index (κ1) is 20.7. The molecule has 0 saturated carbocycles. The van der Waals surface area contributed by atoms with Crippen molar-refractivity contribution in [2.24, 2.45) is 10.2 Å². The summed E-state index contributed by atoms with van der Waals surface area (Å²) in [6, 6.07) is 19.1. The van der Waals surface area contributed by atoms with Crippen LogP contribution in [0, 0.1) is 6.92 Å². The van der Waals surface area contributed by atoms with Gasteiger partial charge in [-0.15, -0.1) is 5.10 Å². The lowest BCUT2D eigenvalue weighted by molar-refractivity contribution is -0.122. The van der Waals surface area contributed by atoms with Crippen molar-refractivity contribution in [2.45, 2.75) is 13.5 Å². The predicted molar refractivity (Wildman–Crippen MR) is 124 cm³/mol. The molecule has 0 N–H and O–H groups in total. The Bertz CT molecular complexity index is 1170. The minimum atomic E-state index is -0.129. The summed E-state index contributed by atoms with van der Waals surface area (Å²) in [4.78, 5) is 15.3. The fraction of sp³-hybridized carbons (Fsp3) is 0.125. The lowest BCUT2D eigenvalue weighted by Crippen LogP contribution is -2.28. The van der Waals surface area contributed by atoms with Gasteiger partial charge in [-0.3, -0.25) is 9.69 Å². The molecule has 31 heavy (non-hydrogen) atoms. The first-order valence-corrected chi connectivity index (χ1v) is 10.5. The molecule has 0 bridgehead atoms. The molecule has 0 radical (unpaired) electrons. The van der Waals surface area contributed by atoms with Gasteiger partial charge in [0.1, 0.15) is 11.5 Å². The molecule has 0 spiro atoms. The molecule has 1 aromatic heterocycles. The summed E-state index contributed by atoms with van der Waals surface area (Å²) in [7, 11) is 1.61. The molecule has 7 heteroatoms. The molecular formula is C24H21N3O3S. The van der Waals surface area contributed by atoms with Crippen molar-refractivity contribution in [2.75, 3.05) is 7.11 Å². The summed E-state index contributed by atoms with van der Waals surface area (Å²) < 4.78 is 10.8. The summed E-state index contributed by atoms with van der Waals surface area (Å²) in [6.07, 6.45) is 5.10. The van der Waals surface area contributed by atoms with Gasteiger partial charge in [0.25, 0.3) is 5.91 Å². The number of aryl methyl sites for hydroxylation is 1. The Morgan fingerprint density at radius 1 is 1.06 bits per heavy atom. The number of carbonyl (C=O) groups is 1. The number of thioether (sulfide) groups is 1. The van der Waals surface area contributed by atoms with E-state index in [9.17, 15) is 4.79 Å². The van der Waals surface area contributed by atoms with Gasteiger partial charge in [-0.25, -0.2) is 0 Å².